The quantitative estimate of drug-likeness (QED) is 0.511. The fraction of sp³-hybridized carbons (Fsp3) is 0.238. The minimum absolute atomic E-state index is 0.549. The van der Waals surface area contributed by atoms with Crippen molar-refractivity contribution in [2.24, 2.45) is 0 Å². The Morgan fingerprint density at radius 2 is 1.88 bits per heavy atom. The van der Waals surface area contributed by atoms with Crippen LogP contribution >= 0.6 is 0 Å². The van der Waals surface area contributed by atoms with E-state index in [1.807, 2.05) is 43.0 Å². The molecule has 0 saturated carbocycles. The second-order valence-corrected chi connectivity index (χ2v) is 6.86. The van der Waals surface area contributed by atoms with Crippen molar-refractivity contribution in [2.45, 2.75) is 26.8 Å². The van der Waals surface area contributed by atoms with Gasteiger partial charge < -0.3 is 14.2 Å². The second kappa shape index (κ2) is 5.46. The van der Waals surface area contributed by atoms with Gasteiger partial charge in [0.1, 0.15) is 0 Å². The fourth-order valence-electron chi connectivity index (χ4n) is 3.73. The molecule has 4 aromatic rings. The molecule has 0 aliphatic carbocycles. The molecule has 3 aromatic heterocycles. The van der Waals surface area contributed by atoms with Crippen LogP contribution in [0.4, 0.5) is 17.2 Å². The molecule has 130 valence electrons. The summed E-state index contributed by atoms with van der Waals surface area (Å²) < 4.78 is 14.7. The van der Waals surface area contributed by atoms with Crippen LogP contribution in [0.3, 0.4) is 0 Å². The van der Waals surface area contributed by atoms with Crippen molar-refractivity contribution in [3.8, 4) is 0 Å². The normalized spacial score (nSPS) is 15.0. The Morgan fingerprint density at radius 3 is 2.73 bits per heavy atom. The predicted molar refractivity (Wildman–Crippen MR) is 105 cm³/mol. The van der Waals surface area contributed by atoms with Gasteiger partial charge in [0.15, 0.2) is 11.4 Å². The van der Waals surface area contributed by atoms with Crippen molar-refractivity contribution in [3.63, 3.8) is 0 Å². The number of hydrogen-bond donors (Lipinski definition) is 0. The van der Waals surface area contributed by atoms with Gasteiger partial charge in [-0.15, -0.1) is 0 Å². The Labute approximate surface area is 153 Å². The molecule has 4 heterocycles. The first-order valence-electron chi connectivity index (χ1n) is 9.22. The molecular formula is C21H20N4O. The maximum absolute atomic E-state index is 8.54. The van der Waals surface area contributed by atoms with Crippen LogP contribution in [0.15, 0.2) is 53.2 Å². The molecule has 1 aliphatic heterocycles. The standard InChI is InChI=1S/C21H20N4O/c1-13(2)24-12-25(17-7-5-10-22-20(17)24)18-14(3)8-9-15-16-6-4-11-23-21(16)26-19(15)18/h4-11,13H,12H2,1-3H3/i13D. The first-order chi connectivity index (χ1) is 12.9. The van der Waals surface area contributed by atoms with E-state index in [9.17, 15) is 0 Å². The number of fused-ring (bicyclic) bond motifs is 4. The van der Waals surface area contributed by atoms with Crippen LogP contribution < -0.4 is 9.80 Å². The summed E-state index contributed by atoms with van der Waals surface area (Å²) in [6.07, 6.45) is 3.52. The van der Waals surface area contributed by atoms with Crippen LogP contribution in [-0.2, 0) is 0 Å². The number of aryl methyl sites for hydroxylation is 1. The largest absolute Gasteiger partial charge is 0.435 e. The molecule has 5 heteroatoms. The number of pyridine rings is 2. The van der Waals surface area contributed by atoms with Crippen LogP contribution in [0.5, 0.6) is 0 Å². The zero-order valence-electron chi connectivity index (χ0n) is 16.0. The molecule has 5 nitrogen and oxygen atoms in total. The van der Waals surface area contributed by atoms with E-state index >= 15 is 0 Å². The number of furan rings is 1. The maximum atomic E-state index is 8.54. The Morgan fingerprint density at radius 1 is 1.08 bits per heavy atom. The van der Waals surface area contributed by atoms with Gasteiger partial charge in [0, 0.05) is 29.2 Å². The molecule has 5 rings (SSSR count). The van der Waals surface area contributed by atoms with E-state index in [1.54, 1.807) is 12.4 Å². The Kier molecular flexibility index (Phi) is 2.97. The Balaban J connectivity index is 1.78. The highest BCUT2D eigenvalue weighted by molar-refractivity contribution is 6.09. The van der Waals surface area contributed by atoms with E-state index in [2.05, 4.69) is 33.9 Å². The topological polar surface area (TPSA) is 45.4 Å². The molecule has 0 fully saturated rings. The lowest BCUT2D eigenvalue weighted by molar-refractivity contribution is 0.651. The van der Waals surface area contributed by atoms with Crippen molar-refractivity contribution in [1.29, 1.82) is 0 Å². The van der Waals surface area contributed by atoms with Crippen LogP contribution in [0.1, 0.15) is 20.8 Å². The number of benzene rings is 1. The minimum Gasteiger partial charge on any atom is -0.435 e. The highest BCUT2D eigenvalue weighted by Gasteiger charge is 2.32. The van der Waals surface area contributed by atoms with Gasteiger partial charge in [-0.3, -0.25) is 0 Å². The summed E-state index contributed by atoms with van der Waals surface area (Å²) in [7, 11) is 0. The zero-order chi connectivity index (χ0) is 18.8. The lowest BCUT2D eigenvalue weighted by atomic mass is 10.1. The smallest absolute Gasteiger partial charge is 0.227 e. The fourth-order valence-corrected chi connectivity index (χ4v) is 3.73. The molecule has 0 saturated heterocycles. The average molecular weight is 345 g/mol. The van der Waals surface area contributed by atoms with Gasteiger partial charge in [-0.05, 0) is 50.6 Å². The van der Waals surface area contributed by atoms with Gasteiger partial charge in [-0.2, -0.15) is 0 Å². The van der Waals surface area contributed by atoms with Crippen LogP contribution in [0, 0.1) is 6.92 Å². The number of hydrogen-bond acceptors (Lipinski definition) is 5. The van der Waals surface area contributed by atoms with Gasteiger partial charge >= 0.3 is 0 Å². The summed E-state index contributed by atoms with van der Waals surface area (Å²) in [5.41, 5.74) is 4.57. The monoisotopic (exact) mass is 345 g/mol. The van der Waals surface area contributed by atoms with Crippen molar-refractivity contribution in [1.82, 2.24) is 9.97 Å². The number of nitrogens with zero attached hydrogens (tertiary/aromatic N) is 4. The third kappa shape index (κ3) is 2.03. The van der Waals surface area contributed by atoms with Crippen molar-refractivity contribution < 1.29 is 5.79 Å². The maximum Gasteiger partial charge on any atom is 0.227 e. The number of aromatic nitrogens is 2. The molecule has 1 aliphatic rings. The van der Waals surface area contributed by atoms with Crippen molar-refractivity contribution >= 4 is 39.3 Å². The summed E-state index contributed by atoms with van der Waals surface area (Å²) in [5, 5.41) is 2.06. The van der Waals surface area contributed by atoms with Gasteiger partial charge in [-0.1, -0.05) is 12.1 Å². The molecule has 0 unspecified atom stereocenters. The number of rotatable bonds is 2. The highest BCUT2D eigenvalue weighted by atomic mass is 16.3. The van der Waals surface area contributed by atoms with Crippen molar-refractivity contribution in [3.05, 3.63) is 54.4 Å². The summed E-state index contributed by atoms with van der Waals surface area (Å²) in [5.74, 6) is 0.822. The Hall–Kier alpha value is -3.08. The summed E-state index contributed by atoms with van der Waals surface area (Å²) in [6.45, 7) is 6.40. The van der Waals surface area contributed by atoms with Gasteiger partial charge in [-0.25, -0.2) is 9.97 Å². The van der Waals surface area contributed by atoms with Gasteiger partial charge in [0.2, 0.25) is 5.71 Å². The van der Waals surface area contributed by atoms with E-state index in [4.69, 9.17) is 5.79 Å². The van der Waals surface area contributed by atoms with E-state index in [0.717, 1.165) is 39.1 Å². The minimum atomic E-state index is -0.783. The molecular weight excluding hydrogens is 324 g/mol. The van der Waals surface area contributed by atoms with Crippen LogP contribution in [-0.4, -0.2) is 22.7 Å². The molecule has 0 atom stereocenters. The lowest BCUT2D eigenvalue weighted by Crippen LogP contribution is -2.34. The highest BCUT2D eigenvalue weighted by Crippen LogP contribution is 2.45. The van der Waals surface area contributed by atoms with E-state index in [-0.39, 0.29) is 0 Å². The first kappa shape index (κ1) is 14.1. The second-order valence-electron chi connectivity index (χ2n) is 6.86. The predicted octanol–water partition coefficient (Wildman–Crippen LogP) is 5.01. The number of anilines is 3. The zero-order valence-corrected chi connectivity index (χ0v) is 15.0. The van der Waals surface area contributed by atoms with E-state index < -0.39 is 6.02 Å². The molecule has 0 N–H and O–H groups in total. The molecule has 0 bridgehead atoms. The molecule has 0 radical (unpaired) electrons. The Bertz CT molecular complexity index is 1180. The molecule has 0 amide bonds. The van der Waals surface area contributed by atoms with Crippen LogP contribution in [0.25, 0.3) is 22.1 Å². The average Bonchev–Trinajstić information content (AvgIpc) is 3.20. The van der Waals surface area contributed by atoms with Gasteiger partial charge in [0.05, 0.1) is 19.4 Å². The van der Waals surface area contributed by atoms with Gasteiger partial charge in [0.25, 0.3) is 0 Å². The summed E-state index contributed by atoms with van der Waals surface area (Å²) >= 11 is 0. The molecule has 0 spiro atoms. The van der Waals surface area contributed by atoms with E-state index in [0.29, 0.717) is 12.4 Å². The molecule has 1 aromatic carbocycles. The summed E-state index contributed by atoms with van der Waals surface area (Å²) in [6, 6.07) is 11.4. The van der Waals surface area contributed by atoms with Crippen LogP contribution in [0.2, 0.25) is 0 Å². The van der Waals surface area contributed by atoms with Crippen molar-refractivity contribution in [2.75, 3.05) is 16.5 Å². The molecule has 26 heavy (non-hydrogen) atoms. The van der Waals surface area contributed by atoms with E-state index in [1.165, 1.54) is 0 Å². The summed E-state index contributed by atoms with van der Waals surface area (Å²) in [4.78, 5) is 13.1. The third-order valence-corrected chi connectivity index (χ3v) is 5.00. The SMILES string of the molecule is [2H]C(C)(C)N1CN(c2c(C)ccc3c2oc2ncccc23)c2cccnc21. The first-order valence-corrected chi connectivity index (χ1v) is 8.72. The lowest BCUT2D eigenvalue weighted by Gasteiger charge is -2.25. The third-order valence-electron chi connectivity index (χ3n) is 5.00.